The Morgan fingerprint density at radius 3 is 2.17 bits per heavy atom. The van der Waals surface area contributed by atoms with Crippen molar-refractivity contribution in [3.05, 3.63) is 53.1 Å². The fraction of sp³-hybridized carbons (Fsp3) is 0.350. The zero-order chi connectivity index (χ0) is 17.5. The topological polar surface area (TPSA) is 47.6 Å². The second-order valence-corrected chi connectivity index (χ2v) is 5.95. The van der Waals surface area contributed by atoms with Crippen molar-refractivity contribution >= 4 is 11.6 Å². The lowest BCUT2D eigenvalue weighted by molar-refractivity contribution is -0.116. The summed E-state index contributed by atoms with van der Waals surface area (Å²) in [4.78, 5) is 12.1. The van der Waals surface area contributed by atoms with Crippen LogP contribution in [0.2, 0.25) is 0 Å². The Bertz CT molecular complexity index is 670. The summed E-state index contributed by atoms with van der Waals surface area (Å²) >= 11 is 0. The number of ether oxygens (including phenoxy) is 2. The van der Waals surface area contributed by atoms with E-state index in [0.29, 0.717) is 19.4 Å². The predicted octanol–water partition coefficient (Wildman–Crippen LogP) is 4.42. The predicted molar refractivity (Wildman–Crippen MR) is 97.0 cm³/mol. The van der Waals surface area contributed by atoms with Gasteiger partial charge in [-0.3, -0.25) is 4.79 Å². The summed E-state index contributed by atoms with van der Waals surface area (Å²) in [7, 11) is 1.63. The summed E-state index contributed by atoms with van der Waals surface area (Å²) in [6.07, 6.45) is 1.10. The monoisotopic (exact) mass is 327 g/mol. The van der Waals surface area contributed by atoms with Gasteiger partial charge in [0.1, 0.15) is 11.5 Å². The van der Waals surface area contributed by atoms with Crippen LogP contribution in [-0.4, -0.2) is 19.6 Å². The summed E-state index contributed by atoms with van der Waals surface area (Å²) in [6.45, 7) is 6.60. The highest BCUT2D eigenvalue weighted by atomic mass is 16.5. The second-order valence-electron chi connectivity index (χ2n) is 5.95. The first-order chi connectivity index (χ1) is 11.5. The van der Waals surface area contributed by atoms with E-state index >= 15 is 0 Å². The molecule has 0 aromatic heterocycles. The van der Waals surface area contributed by atoms with Gasteiger partial charge in [-0.15, -0.1) is 0 Å². The highest BCUT2D eigenvalue weighted by Gasteiger charge is 2.08. The molecular formula is C20H25NO3. The first-order valence-corrected chi connectivity index (χ1v) is 8.14. The van der Waals surface area contributed by atoms with E-state index in [9.17, 15) is 4.79 Å². The molecule has 2 aromatic carbocycles. The van der Waals surface area contributed by atoms with Crippen LogP contribution in [-0.2, 0) is 4.79 Å². The Hall–Kier alpha value is -2.49. The molecule has 2 rings (SSSR count). The molecule has 0 aliphatic carbocycles. The van der Waals surface area contributed by atoms with E-state index < -0.39 is 0 Å². The molecule has 0 saturated carbocycles. The van der Waals surface area contributed by atoms with E-state index in [0.717, 1.165) is 28.3 Å². The summed E-state index contributed by atoms with van der Waals surface area (Å²) in [5.41, 5.74) is 4.31. The number of amides is 1. The van der Waals surface area contributed by atoms with Crippen LogP contribution in [0.5, 0.6) is 11.5 Å². The van der Waals surface area contributed by atoms with Gasteiger partial charge in [-0.1, -0.05) is 17.7 Å². The third-order valence-electron chi connectivity index (χ3n) is 3.82. The minimum Gasteiger partial charge on any atom is -0.497 e. The van der Waals surface area contributed by atoms with E-state index in [-0.39, 0.29) is 5.91 Å². The van der Waals surface area contributed by atoms with Crippen LogP contribution in [0.1, 0.15) is 29.5 Å². The second kappa shape index (κ2) is 8.39. The molecule has 0 unspecified atom stereocenters. The lowest BCUT2D eigenvalue weighted by Gasteiger charge is -2.13. The number of nitrogens with one attached hydrogen (secondary N) is 1. The molecule has 0 aliphatic heterocycles. The van der Waals surface area contributed by atoms with Crippen molar-refractivity contribution in [2.24, 2.45) is 0 Å². The minimum atomic E-state index is 0.0170. The van der Waals surface area contributed by atoms with Crippen molar-refractivity contribution in [1.82, 2.24) is 0 Å². The highest BCUT2D eigenvalue weighted by molar-refractivity contribution is 5.92. The van der Waals surface area contributed by atoms with Crippen molar-refractivity contribution < 1.29 is 14.3 Å². The first-order valence-electron chi connectivity index (χ1n) is 8.14. The average molecular weight is 327 g/mol. The van der Waals surface area contributed by atoms with Crippen LogP contribution in [0.15, 0.2) is 36.4 Å². The number of hydrogen-bond acceptors (Lipinski definition) is 3. The molecule has 2 aromatic rings. The number of hydrogen-bond donors (Lipinski definition) is 1. The van der Waals surface area contributed by atoms with E-state index in [1.165, 1.54) is 5.56 Å². The largest absolute Gasteiger partial charge is 0.497 e. The van der Waals surface area contributed by atoms with Gasteiger partial charge in [0.05, 0.1) is 13.7 Å². The van der Waals surface area contributed by atoms with Crippen molar-refractivity contribution in [3.8, 4) is 11.5 Å². The highest BCUT2D eigenvalue weighted by Crippen LogP contribution is 2.22. The molecule has 24 heavy (non-hydrogen) atoms. The van der Waals surface area contributed by atoms with Crippen LogP contribution in [0, 0.1) is 20.8 Å². The van der Waals surface area contributed by atoms with Gasteiger partial charge >= 0.3 is 0 Å². The van der Waals surface area contributed by atoms with Gasteiger partial charge in [-0.05, 0) is 62.6 Å². The number of carbonyl (C=O) groups is 1. The van der Waals surface area contributed by atoms with Crippen LogP contribution >= 0.6 is 0 Å². The Morgan fingerprint density at radius 1 is 1.00 bits per heavy atom. The lowest BCUT2D eigenvalue weighted by Crippen LogP contribution is -2.14. The molecule has 0 atom stereocenters. The number of anilines is 1. The Kier molecular flexibility index (Phi) is 6.24. The zero-order valence-electron chi connectivity index (χ0n) is 14.8. The number of aryl methyl sites for hydroxylation is 3. The van der Waals surface area contributed by atoms with Crippen LogP contribution in [0.3, 0.4) is 0 Å². The first kappa shape index (κ1) is 17.9. The SMILES string of the molecule is COc1ccc(OCCCC(=O)Nc2c(C)cc(C)cc2C)cc1. The smallest absolute Gasteiger partial charge is 0.224 e. The maximum Gasteiger partial charge on any atom is 0.224 e. The Balaban J connectivity index is 1.77. The zero-order valence-corrected chi connectivity index (χ0v) is 14.8. The molecule has 128 valence electrons. The molecule has 0 aliphatic rings. The standard InChI is InChI=1S/C20H25NO3/c1-14-12-15(2)20(16(3)13-14)21-19(22)6-5-11-24-18-9-7-17(23-4)8-10-18/h7-10,12-13H,5-6,11H2,1-4H3,(H,21,22). The van der Waals surface area contributed by atoms with Crippen molar-refractivity contribution in [2.45, 2.75) is 33.6 Å². The maximum absolute atomic E-state index is 12.1. The van der Waals surface area contributed by atoms with Gasteiger partial charge in [0.25, 0.3) is 0 Å². The summed E-state index contributed by atoms with van der Waals surface area (Å²) in [6, 6.07) is 11.6. The fourth-order valence-corrected chi connectivity index (χ4v) is 2.67. The summed E-state index contributed by atoms with van der Waals surface area (Å²) in [5.74, 6) is 1.59. The fourth-order valence-electron chi connectivity index (χ4n) is 2.67. The molecule has 4 heteroatoms. The number of rotatable bonds is 7. The molecule has 0 radical (unpaired) electrons. The van der Waals surface area contributed by atoms with Crippen LogP contribution in [0.4, 0.5) is 5.69 Å². The summed E-state index contributed by atoms with van der Waals surface area (Å²) in [5, 5.41) is 3.01. The van der Waals surface area contributed by atoms with Gasteiger partial charge in [0, 0.05) is 12.1 Å². The third kappa shape index (κ3) is 5.01. The quantitative estimate of drug-likeness (QED) is 0.766. The molecule has 1 amide bonds. The van der Waals surface area contributed by atoms with E-state index in [1.807, 2.05) is 38.1 Å². The van der Waals surface area contributed by atoms with E-state index in [1.54, 1.807) is 7.11 Å². The summed E-state index contributed by atoms with van der Waals surface area (Å²) < 4.78 is 10.7. The Labute approximate surface area is 143 Å². The number of methoxy groups -OCH3 is 1. The molecule has 1 N–H and O–H groups in total. The normalized spacial score (nSPS) is 10.3. The maximum atomic E-state index is 12.1. The third-order valence-corrected chi connectivity index (χ3v) is 3.82. The molecular weight excluding hydrogens is 302 g/mol. The average Bonchev–Trinajstić information content (AvgIpc) is 2.55. The van der Waals surface area contributed by atoms with E-state index in [4.69, 9.17) is 9.47 Å². The molecule has 0 saturated heterocycles. The number of carbonyl (C=O) groups excluding carboxylic acids is 1. The number of benzene rings is 2. The van der Waals surface area contributed by atoms with Crippen molar-refractivity contribution in [2.75, 3.05) is 19.0 Å². The van der Waals surface area contributed by atoms with Gasteiger partial charge in [-0.2, -0.15) is 0 Å². The van der Waals surface area contributed by atoms with Crippen LogP contribution in [0.25, 0.3) is 0 Å². The van der Waals surface area contributed by atoms with Crippen molar-refractivity contribution in [3.63, 3.8) is 0 Å². The van der Waals surface area contributed by atoms with Gasteiger partial charge in [-0.25, -0.2) is 0 Å². The van der Waals surface area contributed by atoms with Gasteiger partial charge < -0.3 is 14.8 Å². The van der Waals surface area contributed by atoms with Crippen LogP contribution < -0.4 is 14.8 Å². The van der Waals surface area contributed by atoms with Gasteiger partial charge in [0.15, 0.2) is 0 Å². The molecule has 0 spiro atoms. The molecule has 0 bridgehead atoms. The Morgan fingerprint density at radius 2 is 1.58 bits per heavy atom. The van der Waals surface area contributed by atoms with Crippen molar-refractivity contribution in [1.29, 1.82) is 0 Å². The van der Waals surface area contributed by atoms with E-state index in [2.05, 4.69) is 24.4 Å². The molecule has 4 nitrogen and oxygen atoms in total. The van der Waals surface area contributed by atoms with Gasteiger partial charge in [0.2, 0.25) is 5.91 Å². The molecule has 0 fully saturated rings. The lowest BCUT2D eigenvalue weighted by atomic mass is 10.0. The molecule has 0 heterocycles. The minimum absolute atomic E-state index is 0.0170.